The molecule has 0 saturated carbocycles. The smallest absolute Gasteiger partial charge is 0.274 e. The van der Waals surface area contributed by atoms with Crippen LogP contribution in [0.15, 0.2) is 59.5 Å². The van der Waals surface area contributed by atoms with E-state index in [9.17, 15) is 9.59 Å². The zero-order chi connectivity index (χ0) is 21.1. The summed E-state index contributed by atoms with van der Waals surface area (Å²) in [7, 11) is 3.56. The summed E-state index contributed by atoms with van der Waals surface area (Å²) >= 11 is 0. The molecule has 0 fully saturated rings. The summed E-state index contributed by atoms with van der Waals surface area (Å²) in [5.74, 6) is -0.0909. The standard InChI is InChI=1S/C23H24N4O3/c1-26-15-16(17-7-5-6-10-21(17)26)13-22(28)24-14-20-18-8-3-4-9-19(18)23(29)27(25-20)11-12-30-2/h3-10,15H,11-14H2,1-2H3,(H,24,28). The molecule has 0 unspecified atom stereocenters. The lowest BCUT2D eigenvalue weighted by Crippen LogP contribution is -2.30. The van der Waals surface area contributed by atoms with E-state index in [0.717, 1.165) is 21.9 Å². The van der Waals surface area contributed by atoms with Gasteiger partial charge >= 0.3 is 0 Å². The molecular formula is C23H24N4O3. The largest absolute Gasteiger partial charge is 0.383 e. The highest BCUT2D eigenvalue weighted by Gasteiger charge is 2.13. The van der Waals surface area contributed by atoms with Gasteiger partial charge in [-0.15, -0.1) is 0 Å². The highest BCUT2D eigenvalue weighted by atomic mass is 16.5. The second kappa shape index (κ2) is 8.51. The summed E-state index contributed by atoms with van der Waals surface area (Å²) in [6, 6.07) is 15.4. The van der Waals surface area contributed by atoms with Crippen molar-refractivity contribution >= 4 is 27.6 Å². The van der Waals surface area contributed by atoms with Crippen molar-refractivity contribution in [3.63, 3.8) is 0 Å². The number of benzene rings is 2. The first-order chi connectivity index (χ1) is 14.6. The minimum atomic E-state index is -0.159. The molecule has 0 aliphatic carbocycles. The van der Waals surface area contributed by atoms with Gasteiger partial charge in [-0.05, 0) is 17.7 Å². The van der Waals surface area contributed by atoms with E-state index in [-0.39, 0.29) is 24.4 Å². The van der Waals surface area contributed by atoms with Crippen LogP contribution in [0.1, 0.15) is 11.3 Å². The zero-order valence-electron chi connectivity index (χ0n) is 17.1. The predicted octanol–water partition coefficient (Wildman–Crippen LogP) is 2.39. The summed E-state index contributed by atoms with van der Waals surface area (Å²) in [5.41, 5.74) is 2.58. The molecule has 0 spiro atoms. The Kier molecular flexibility index (Phi) is 5.63. The van der Waals surface area contributed by atoms with Crippen LogP contribution in [-0.2, 0) is 36.1 Å². The van der Waals surface area contributed by atoms with Crippen molar-refractivity contribution in [3.05, 3.63) is 76.3 Å². The number of amides is 1. The Labute approximate surface area is 173 Å². The Morgan fingerprint density at radius 2 is 1.77 bits per heavy atom. The van der Waals surface area contributed by atoms with Crippen LogP contribution in [0.5, 0.6) is 0 Å². The van der Waals surface area contributed by atoms with E-state index >= 15 is 0 Å². The Hall–Kier alpha value is -3.45. The highest BCUT2D eigenvalue weighted by Crippen LogP contribution is 2.20. The van der Waals surface area contributed by atoms with E-state index in [1.807, 2.05) is 60.3 Å². The monoisotopic (exact) mass is 404 g/mol. The maximum atomic E-state index is 12.7. The summed E-state index contributed by atoms with van der Waals surface area (Å²) in [4.78, 5) is 25.3. The molecule has 0 radical (unpaired) electrons. The van der Waals surface area contributed by atoms with Gasteiger partial charge in [-0.2, -0.15) is 5.10 Å². The normalized spacial score (nSPS) is 11.3. The minimum Gasteiger partial charge on any atom is -0.383 e. The number of aryl methyl sites for hydroxylation is 1. The summed E-state index contributed by atoms with van der Waals surface area (Å²) in [5, 5.41) is 9.85. The van der Waals surface area contributed by atoms with Gasteiger partial charge in [0, 0.05) is 36.6 Å². The molecule has 1 N–H and O–H groups in total. The second-order valence-electron chi connectivity index (χ2n) is 7.25. The third kappa shape index (κ3) is 3.84. The summed E-state index contributed by atoms with van der Waals surface area (Å²) in [6.45, 7) is 0.993. The van der Waals surface area contributed by atoms with Crippen LogP contribution in [0.3, 0.4) is 0 Å². The van der Waals surface area contributed by atoms with Gasteiger partial charge in [0.1, 0.15) is 0 Å². The summed E-state index contributed by atoms with van der Waals surface area (Å²) < 4.78 is 8.51. The number of ether oxygens (including phenoxy) is 1. The van der Waals surface area contributed by atoms with Crippen molar-refractivity contribution in [2.75, 3.05) is 13.7 Å². The first-order valence-electron chi connectivity index (χ1n) is 9.86. The van der Waals surface area contributed by atoms with Crippen molar-refractivity contribution < 1.29 is 9.53 Å². The van der Waals surface area contributed by atoms with Gasteiger partial charge in [-0.1, -0.05) is 36.4 Å². The molecule has 0 saturated heterocycles. The number of para-hydroxylation sites is 1. The van der Waals surface area contributed by atoms with Gasteiger partial charge < -0.3 is 14.6 Å². The van der Waals surface area contributed by atoms with E-state index in [1.54, 1.807) is 13.2 Å². The molecule has 2 aromatic carbocycles. The maximum absolute atomic E-state index is 12.7. The SMILES string of the molecule is COCCn1nc(CNC(=O)Cc2cn(C)c3ccccc23)c2ccccc2c1=O. The number of carbonyl (C=O) groups excluding carboxylic acids is 1. The van der Waals surface area contributed by atoms with Gasteiger partial charge in [0.2, 0.25) is 5.91 Å². The molecule has 1 amide bonds. The fraction of sp³-hybridized carbons (Fsp3) is 0.261. The van der Waals surface area contributed by atoms with Gasteiger partial charge in [-0.3, -0.25) is 9.59 Å². The quantitative estimate of drug-likeness (QED) is 0.513. The molecule has 0 atom stereocenters. The predicted molar refractivity (Wildman–Crippen MR) is 116 cm³/mol. The van der Waals surface area contributed by atoms with Crippen LogP contribution >= 0.6 is 0 Å². The molecule has 2 aromatic heterocycles. The number of nitrogens with one attached hydrogen (secondary N) is 1. The van der Waals surface area contributed by atoms with E-state index in [0.29, 0.717) is 24.2 Å². The third-order valence-electron chi connectivity index (χ3n) is 5.23. The molecule has 4 rings (SSSR count). The fourth-order valence-corrected chi connectivity index (χ4v) is 3.75. The molecule has 7 heteroatoms. The van der Waals surface area contributed by atoms with E-state index in [1.165, 1.54) is 4.68 Å². The van der Waals surface area contributed by atoms with Crippen LogP contribution in [0.25, 0.3) is 21.7 Å². The van der Waals surface area contributed by atoms with Gasteiger partial charge in [0.25, 0.3) is 5.56 Å². The van der Waals surface area contributed by atoms with E-state index in [4.69, 9.17) is 4.74 Å². The first kappa shape index (κ1) is 19.8. The molecule has 7 nitrogen and oxygen atoms in total. The number of fused-ring (bicyclic) bond motifs is 2. The maximum Gasteiger partial charge on any atom is 0.274 e. The van der Waals surface area contributed by atoms with Crippen LogP contribution in [0.2, 0.25) is 0 Å². The van der Waals surface area contributed by atoms with Crippen LogP contribution < -0.4 is 10.9 Å². The molecule has 0 aliphatic heterocycles. The second-order valence-corrected chi connectivity index (χ2v) is 7.25. The van der Waals surface area contributed by atoms with Gasteiger partial charge in [0.15, 0.2) is 0 Å². The molecule has 0 aliphatic rings. The van der Waals surface area contributed by atoms with Crippen LogP contribution in [-0.4, -0.2) is 34.0 Å². The molecule has 154 valence electrons. The Morgan fingerprint density at radius 3 is 2.53 bits per heavy atom. The number of carbonyl (C=O) groups is 1. The number of rotatable bonds is 7. The van der Waals surface area contributed by atoms with Crippen molar-refractivity contribution in [1.29, 1.82) is 0 Å². The molecule has 30 heavy (non-hydrogen) atoms. The lowest BCUT2D eigenvalue weighted by atomic mass is 10.1. The summed E-state index contributed by atoms with van der Waals surface area (Å²) in [6.07, 6.45) is 2.27. The fourth-order valence-electron chi connectivity index (χ4n) is 3.75. The Balaban J connectivity index is 1.56. The molecular weight excluding hydrogens is 380 g/mol. The van der Waals surface area contributed by atoms with Crippen LogP contribution in [0, 0.1) is 0 Å². The first-order valence-corrected chi connectivity index (χ1v) is 9.86. The number of nitrogens with zero attached hydrogens (tertiary/aromatic N) is 3. The molecule has 0 bridgehead atoms. The average molecular weight is 404 g/mol. The van der Waals surface area contributed by atoms with E-state index in [2.05, 4.69) is 10.4 Å². The topological polar surface area (TPSA) is 78.2 Å². The van der Waals surface area contributed by atoms with Crippen molar-refractivity contribution in [3.8, 4) is 0 Å². The van der Waals surface area contributed by atoms with Gasteiger partial charge in [-0.25, -0.2) is 4.68 Å². The average Bonchev–Trinajstić information content (AvgIpc) is 3.08. The van der Waals surface area contributed by atoms with Crippen molar-refractivity contribution in [2.45, 2.75) is 19.5 Å². The van der Waals surface area contributed by atoms with Crippen molar-refractivity contribution in [2.24, 2.45) is 7.05 Å². The number of hydrogen-bond donors (Lipinski definition) is 1. The minimum absolute atomic E-state index is 0.0909. The highest BCUT2D eigenvalue weighted by molar-refractivity contribution is 5.89. The lowest BCUT2D eigenvalue weighted by Gasteiger charge is -2.11. The Morgan fingerprint density at radius 1 is 1.07 bits per heavy atom. The molecule has 4 aromatic rings. The molecule has 2 heterocycles. The number of hydrogen-bond acceptors (Lipinski definition) is 4. The number of methoxy groups -OCH3 is 1. The third-order valence-corrected chi connectivity index (χ3v) is 5.23. The Bertz CT molecular complexity index is 1270. The van der Waals surface area contributed by atoms with Gasteiger partial charge in [0.05, 0.1) is 37.2 Å². The van der Waals surface area contributed by atoms with Crippen molar-refractivity contribution in [1.82, 2.24) is 19.7 Å². The van der Waals surface area contributed by atoms with Crippen LogP contribution in [0.4, 0.5) is 0 Å². The van der Waals surface area contributed by atoms with E-state index < -0.39 is 0 Å². The zero-order valence-corrected chi connectivity index (χ0v) is 17.1. The lowest BCUT2D eigenvalue weighted by molar-refractivity contribution is -0.120. The number of aromatic nitrogens is 3.